The highest BCUT2D eigenvalue weighted by Crippen LogP contribution is 2.43. The van der Waals surface area contributed by atoms with Crippen LogP contribution >= 0.6 is 0 Å². The lowest BCUT2D eigenvalue weighted by atomic mass is 9.86. The Bertz CT molecular complexity index is 575. The summed E-state index contributed by atoms with van der Waals surface area (Å²) in [5.41, 5.74) is 1.11. The number of hydrogen-bond donors (Lipinski definition) is 2. The predicted octanol–water partition coefficient (Wildman–Crippen LogP) is 3.38. The Labute approximate surface area is 107 Å². The second-order valence-electron chi connectivity index (χ2n) is 4.55. The van der Waals surface area contributed by atoms with Crippen molar-refractivity contribution >= 4 is 5.69 Å². The third-order valence-electron chi connectivity index (χ3n) is 3.41. The van der Waals surface area contributed by atoms with Crippen molar-refractivity contribution in [1.29, 1.82) is 0 Å². The summed E-state index contributed by atoms with van der Waals surface area (Å²) >= 11 is 0. The maximum absolute atomic E-state index is 13.0. The second-order valence-corrected chi connectivity index (χ2v) is 4.55. The Morgan fingerprint density at radius 1 is 1.21 bits per heavy atom. The Hall–Kier alpha value is -1.98. The van der Waals surface area contributed by atoms with E-state index in [0.29, 0.717) is 12.1 Å². The first kappa shape index (κ1) is 12.1. The zero-order valence-electron chi connectivity index (χ0n) is 9.96. The molecule has 0 bridgehead atoms. The van der Waals surface area contributed by atoms with E-state index in [-0.39, 0.29) is 11.6 Å². The maximum Gasteiger partial charge on any atom is 0.418 e. The Kier molecular flexibility index (Phi) is 2.73. The fourth-order valence-corrected chi connectivity index (χ4v) is 2.57. The minimum absolute atomic E-state index is 0.0685. The molecule has 1 atom stereocenters. The van der Waals surface area contributed by atoms with Crippen LogP contribution in [0, 0.1) is 0 Å². The van der Waals surface area contributed by atoms with Gasteiger partial charge in [0.1, 0.15) is 0 Å². The fraction of sp³-hybridized carbons (Fsp3) is 0.308. The van der Waals surface area contributed by atoms with E-state index in [1.54, 1.807) is 18.3 Å². The first-order chi connectivity index (χ1) is 9.07. The van der Waals surface area contributed by atoms with Gasteiger partial charge in [-0.25, -0.2) is 0 Å². The van der Waals surface area contributed by atoms with Crippen molar-refractivity contribution in [2.45, 2.75) is 18.5 Å². The van der Waals surface area contributed by atoms with Crippen LogP contribution in [0.4, 0.5) is 18.9 Å². The van der Waals surface area contributed by atoms with Gasteiger partial charge in [0.05, 0.1) is 11.3 Å². The molecule has 2 N–H and O–H groups in total. The van der Waals surface area contributed by atoms with E-state index in [9.17, 15) is 13.2 Å². The summed E-state index contributed by atoms with van der Waals surface area (Å²) in [4.78, 5) is 0. The zero-order valence-corrected chi connectivity index (χ0v) is 9.96. The molecule has 19 heavy (non-hydrogen) atoms. The van der Waals surface area contributed by atoms with E-state index in [1.165, 1.54) is 6.07 Å². The van der Waals surface area contributed by atoms with E-state index in [4.69, 9.17) is 0 Å². The van der Waals surface area contributed by atoms with Crippen molar-refractivity contribution in [3.63, 3.8) is 0 Å². The molecule has 2 heterocycles. The molecule has 3 rings (SSSR count). The molecule has 1 aliphatic rings. The lowest BCUT2D eigenvalue weighted by Gasteiger charge is -2.28. The SMILES string of the molecule is FC(F)(F)c1cccc2c1NCCC2c1ccn[nH]1. The van der Waals surface area contributed by atoms with Gasteiger partial charge < -0.3 is 5.32 Å². The largest absolute Gasteiger partial charge is 0.418 e. The number of alkyl halides is 3. The van der Waals surface area contributed by atoms with Crippen LogP contribution in [0.5, 0.6) is 0 Å². The predicted molar refractivity (Wildman–Crippen MR) is 65.0 cm³/mol. The third-order valence-corrected chi connectivity index (χ3v) is 3.41. The summed E-state index contributed by atoms with van der Waals surface area (Å²) in [6, 6.07) is 6.11. The lowest BCUT2D eigenvalue weighted by Crippen LogP contribution is -2.21. The number of anilines is 1. The minimum Gasteiger partial charge on any atom is -0.384 e. The van der Waals surface area contributed by atoms with E-state index >= 15 is 0 Å². The van der Waals surface area contributed by atoms with Gasteiger partial charge in [-0.2, -0.15) is 18.3 Å². The van der Waals surface area contributed by atoms with Gasteiger partial charge in [0, 0.05) is 24.4 Å². The number of nitrogens with zero attached hydrogens (tertiary/aromatic N) is 1. The molecular formula is C13H12F3N3. The van der Waals surface area contributed by atoms with Crippen molar-refractivity contribution in [2.75, 3.05) is 11.9 Å². The summed E-state index contributed by atoms with van der Waals surface area (Å²) in [5, 5.41) is 9.60. The summed E-state index contributed by atoms with van der Waals surface area (Å²) in [7, 11) is 0. The molecule has 3 nitrogen and oxygen atoms in total. The first-order valence-electron chi connectivity index (χ1n) is 6.00. The van der Waals surface area contributed by atoms with Crippen LogP contribution in [0.1, 0.15) is 29.2 Å². The fourth-order valence-electron chi connectivity index (χ4n) is 2.57. The number of H-pyrrole nitrogens is 1. The van der Waals surface area contributed by atoms with Gasteiger partial charge in [-0.15, -0.1) is 0 Å². The van der Waals surface area contributed by atoms with E-state index in [2.05, 4.69) is 15.5 Å². The Morgan fingerprint density at radius 3 is 2.74 bits per heavy atom. The number of aromatic nitrogens is 2. The molecule has 1 aromatic carbocycles. The van der Waals surface area contributed by atoms with Gasteiger partial charge in [-0.3, -0.25) is 5.10 Å². The van der Waals surface area contributed by atoms with Gasteiger partial charge in [0.25, 0.3) is 0 Å². The molecule has 6 heteroatoms. The number of para-hydroxylation sites is 1. The summed E-state index contributed by atoms with van der Waals surface area (Å²) in [6.45, 7) is 0.518. The molecule has 2 aromatic rings. The second kappa shape index (κ2) is 4.29. The molecule has 0 saturated heterocycles. The summed E-state index contributed by atoms with van der Waals surface area (Å²) in [6.07, 6.45) is -1.98. The number of halogens is 3. The van der Waals surface area contributed by atoms with Crippen molar-refractivity contribution in [3.8, 4) is 0 Å². The molecular weight excluding hydrogens is 255 g/mol. The molecule has 0 spiro atoms. The van der Waals surface area contributed by atoms with Gasteiger partial charge in [-0.05, 0) is 24.1 Å². The Balaban J connectivity index is 2.11. The van der Waals surface area contributed by atoms with Crippen LogP contribution < -0.4 is 5.32 Å². The third kappa shape index (κ3) is 2.07. The molecule has 1 aliphatic heterocycles. The number of hydrogen-bond acceptors (Lipinski definition) is 2. The highest BCUT2D eigenvalue weighted by Gasteiger charge is 2.36. The highest BCUT2D eigenvalue weighted by atomic mass is 19.4. The van der Waals surface area contributed by atoms with Crippen molar-refractivity contribution in [2.24, 2.45) is 0 Å². The molecule has 0 amide bonds. The first-order valence-corrected chi connectivity index (χ1v) is 6.00. The van der Waals surface area contributed by atoms with Gasteiger partial charge in [-0.1, -0.05) is 12.1 Å². The standard InChI is InChI=1S/C13H12F3N3/c14-13(15,16)10-3-1-2-9-8(4-6-17-12(9)10)11-5-7-18-19-11/h1-3,5,7-8,17H,4,6H2,(H,18,19). The molecule has 1 aromatic heterocycles. The molecule has 100 valence electrons. The highest BCUT2D eigenvalue weighted by molar-refractivity contribution is 5.63. The summed E-state index contributed by atoms with van der Waals surface area (Å²) < 4.78 is 39.0. The summed E-state index contributed by atoms with van der Waals surface area (Å²) in [5.74, 6) is -0.0685. The van der Waals surface area contributed by atoms with E-state index in [1.807, 2.05) is 0 Å². The van der Waals surface area contributed by atoms with Crippen molar-refractivity contribution in [1.82, 2.24) is 10.2 Å². The smallest absolute Gasteiger partial charge is 0.384 e. The van der Waals surface area contributed by atoms with Crippen LogP contribution in [0.15, 0.2) is 30.5 Å². The number of rotatable bonds is 1. The van der Waals surface area contributed by atoms with Crippen LogP contribution in [0.3, 0.4) is 0 Å². The van der Waals surface area contributed by atoms with Crippen LogP contribution in [0.2, 0.25) is 0 Å². The number of fused-ring (bicyclic) bond motifs is 1. The average Bonchev–Trinajstić information content (AvgIpc) is 2.90. The van der Waals surface area contributed by atoms with Crippen molar-refractivity contribution in [3.05, 3.63) is 47.3 Å². The lowest BCUT2D eigenvalue weighted by molar-refractivity contribution is -0.137. The number of nitrogens with one attached hydrogen (secondary N) is 2. The van der Waals surface area contributed by atoms with Gasteiger partial charge in [0.15, 0.2) is 0 Å². The maximum atomic E-state index is 13.0. The normalized spacial score (nSPS) is 18.8. The molecule has 0 fully saturated rings. The van der Waals surface area contributed by atoms with Crippen LogP contribution in [-0.4, -0.2) is 16.7 Å². The zero-order chi connectivity index (χ0) is 13.5. The van der Waals surface area contributed by atoms with Gasteiger partial charge in [0.2, 0.25) is 0 Å². The quantitative estimate of drug-likeness (QED) is 0.831. The van der Waals surface area contributed by atoms with Gasteiger partial charge >= 0.3 is 6.18 Å². The van der Waals surface area contributed by atoms with E-state index < -0.39 is 11.7 Å². The van der Waals surface area contributed by atoms with Crippen LogP contribution in [0.25, 0.3) is 0 Å². The van der Waals surface area contributed by atoms with Crippen molar-refractivity contribution < 1.29 is 13.2 Å². The minimum atomic E-state index is -4.34. The van der Waals surface area contributed by atoms with E-state index in [0.717, 1.165) is 18.2 Å². The molecule has 0 aliphatic carbocycles. The Morgan fingerprint density at radius 2 is 2.05 bits per heavy atom. The molecule has 0 saturated carbocycles. The number of benzene rings is 1. The number of aromatic amines is 1. The monoisotopic (exact) mass is 267 g/mol. The average molecular weight is 267 g/mol. The molecule has 1 unspecified atom stereocenters. The molecule has 0 radical (unpaired) electrons. The van der Waals surface area contributed by atoms with Crippen LogP contribution in [-0.2, 0) is 6.18 Å². The topological polar surface area (TPSA) is 40.7 Å².